The van der Waals surface area contributed by atoms with Crippen molar-refractivity contribution in [1.29, 1.82) is 0 Å². The Kier molecular flexibility index (Phi) is 5.34. The minimum atomic E-state index is -0.0278. The van der Waals surface area contributed by atoms with Gasteiger partial charge in [-0.2, -0.15) is 11.8 Å². The first-order valence-corrected chi connectivity index (χ1v) is 9.73. The highest BCUT2D eigenvalue weighted by molar-refractivity contribution is 7.99. The lowest BCUT2D eigenvalue weighted by atomic mass is 10.1. The van der Waals surface area contributed by atoms with E-state index in [1.165, 1.54) is 4.88 Å². The second kappa shape index (κ2) is 7.26. The molecule has 0 radical (unpaired) electrons. The van der Waals surface area contributed by atoms with Crippen LogP contribution in [0.4, 0.5) is 0 Å². The third kappa shape index (κ3) is 3.62. The summed E-state index contributed by atoms with van der Waals surface area (Å²) in [4.78, 5) is 16.0. The summed E-state index contributed by atoms with van der Waals surface area (Å²) < 4.78 is 0. The van der Waals surface area contributed by atoms with Crippen LogP contribution in [0.1, 0.15) is 26.9 Å². The first-order valence-electron chi connectivity index (χ1n) is 7.04. The summed E-state index contributed by atoms with van der Waals surface area (Å²) in [6, 6.07) is 9.29. The monoisotopic (exact) mass is 371 g/mol. The van der Waals surface area contributed by atoms with Crippen LogP contribution in [0.2, 0.25) is 10.0 Å². The SMILES string of the molecule is O=C(c1cc(Cl)ccc1Cl)N1CCSC(c2cccs2)CC1. The third-order valence-electron chi connectivity index (χ3n) is 3.65. The highest BCUT2D eigenvalue weighted by Gasteiger charge is 2.24. The molecule has 0 bridgehead atoms. The molecule has 22 heavy (non-hydrogen) atoms. The minimum Gasteiger partial charge on any atom is -0.338 e. The second-order valence-corrected chi connectivity index (χ2v) is 8.21. The van der Waals surface area contributed by atoms with Crippen LogP contribution < -0.4 is 0 Å². The zero-order chi connectivity index (χ0) is 15.5. The maximum absolute atomic E-state index is 12.7. The molecule has 1 aliphatic heterocycles. The Bertz CT molecular complexity index is 660. The lowest BCUT2D eigenvalue weighted by Crippen LogP contribution is -2.33. The molecule has 1 unspecified atom stereocenters. The van der Waals surface area contributed by atoms with Gasteiger partial charge >= 0.3 is 0 Å². The molecule has 2 aromatic rings. The Hall–Kier alpha value is -0.680. The predicted octanol–water partition coefficient (Wildman–Crippen LogP) is 5.38. The fraction of sp³-hybridized carbons (Fsp3) is 0.312. The number of thiophene rings is 1. The summed E-state index contributed by atoms with van der Waals surface area (Å²) in [5.74, 6) is 0.909. The van der Waals surface area contributed by atoms with Crippen LogP contribution in [0.5, 0.6) is 0 Å². The normalized spacial score (nSPS) is 19.0. The van der Waals surface area contributed by atoms with Crippen LogP contribution in [0.3, 0.4) is 0 Å². The topological polar surface area (TPSA) is 20.3 Å². The van der Waals surface area contributed by atoms with E-state index in [0.717, 1.165) is 25.3 Å². The van der Waals surface area contributed by atoms with Crippen molar-refractivity contribution in [2.45, 2.75) is 11.7 Å². The van der Waals surface area contributed by atoms with E-state index in [2.05, 4.69) is 17.5 Å². The average molecular weight is 372 g/mol. The number of benzene rings is 1. The Morgan fingerprint density at radius 2 is 2.09 bits per heavy atom. The van der Waals surface area contributed by atoms with Gasteiger partial charge in [-0.1, -0.05) is 29.3 Å². The quantitative estimate of drug-likeness (QED) is 0.706. The Morgan fingerprint density at radius 1 is 1.23 bits per heavy atom. The Labute approximate surface area is 148 Å². The highest BCUT2D eigenvalue weighted by Crippen LogP contribution is 2.37. The van der Waals surface area contributed by atoms with E-state index in [-0.39, 0.29) is 5.91 Å². The molecule has 1 aromatic heterocycles. The number of hydrogen-bond acceptors (Lipinski definition) is 3. The van der Waals surface area contributed by atoms with Gasteiger partial charge in [0.1, 0.15) is 0 Å². The van der Waals surface area contributed by atoms with E-state index in [9.17, 15) is 4.79 Å². The molecule has 3 rings (SSSR count). The van der Waals surface area contributed by atoms with E-state index >= 15 is 0 Å². The van der Waals surface area contributed by atoms with Gasteiger partial charge in [0.05, 0.1) is 10.6 Å². The number of carbonyl (C=O) groups excluding carboxylic acids is 1. The van der Waals surface area contributed by atoms with Gasteiger partial charge in [0.15, 0.2) is 0 Å². The summed E-state index contributed by atoms with van der Waals surface area (Å²) >= 11 is 15.9. The van der Waals surface area contributed by atoms with Crippen molar-refractivity contribution in [3.8, 4) is 0 Å². The molecular weight excluding hydrogens is 357 g/mol. The van der Waals surface area contributed by atoms with E-state index in [0.29, 0.717) is 20.9 Å². The second-order valence-electron chi connectivity index (χ2n) is 5.08. The fourth-order valence-corrected chi connectivity index (χ4v) is 5.11. The zero-order valence-electron chi connectivity index (χ0n) is 11.8. The molecule has 2 nitrogen and oxygen atoms in total. The van der Waals surface area contributed by atoms with E-state index in [1.807, 2.05) is 16.7 Å². The average Bonchev–Trinajstić information content (AvgIpc) is 2.94. The largest absolute Gasteiger partial charge is 0.338 e. The van der Waals surface area contributed by atoms with Gasteiger partial charge in [-0.05, 0) is 36.1 Å². The lowest BCUT2D eigenvalue weighted by molar-refractivity contribution is 0.0767. The molecule has 1 fully saturated rings. The fourth-order valence-electron chi connectivity index (χ4n) is 2.51. The van der Waals surface area contributed by atoms with Crippen molar-refractivity contribution in [2.24, 2.45) is 0 Å². The van der Waals surface area contributed by atoms with Crippen LogP contribution in [0.15, 0.2) is 35.7 Å². The lowest BCUT2D eigenvalue weighted by Gasteiger charge is -2.21. The van der Waals surface area contributed by atoms with Gasteiger partial charge in [-0.3, -0.25) is 4.79 Å². The van der Waals surface area contributed by atoms with Gasteiger partial charge in [-0.15, -0.1) is 11.3 Å². The van der Waals surface area contributed by atoms with Gasteiger partial charge in [0, 0.05) is 34.0 Å². The summed E-state index contributed by atoms with van der Waals surface area (Å²) in [7, 11) is 0. The van der Waals surface area contributed by atoms with Crippen molar-refractivity contribution < 1.29 is 4.79 Å². The number of amides is 1. The number of carbonyl (C=O) groups is 1. The smallest absolute Gasteiger partial charge is 0.255 e. The molecule has 1 aliphatic rings. The van der Waals surface area contributed by atoms with Crippen LogP contribution in [-0.2, 0) is 0 Å². The molecular formula is C16H15Cl2NOS2. The van der Waals surface area contributed by atoms with Crippen molar-refractivity contribution >= 4 is 52.2 Å². The minimum absolute atomic E-state index is 0.0278. The number of hydrogen-bond donors (Lipinski definition) is 0. The summed E-state index contributed by atoms with van der Waals surface area (Å²) in [5, 5.41) is 3.58. The number of rotatable bonds is 2. The molecule has 116 valence electrons. The Balaban J connectivity index is 1.73. The zero-order valence-corrected chi connectivity index (χ0v) is 14.9. The number of nitrogens with zero attached hydrogens (tertiary/aromatic N) is 1. The van der Waals surface area contributed by atoms with Gasteiger partial charge in [0.2, 0.25) is 0 Å². The highest BCUT2D eigenvalue weighted by atomic mass is 35.5. The summed E-state index contributed by atoms with van der Waals surface area (Å²) in [5.41, 5.74) is 0.494. The van der Waals surface area contributed by atoms with Crippen LogP contribution in [-0.4, -0.2) is 29.6 Å². The molecule has 0 saturated carbocycles. The molecule has 1 amide bonds. The van der Waals surface area contributed by atoms with Crippen LogP contribution in [0, 0.1) is 0 Å². The third-order valence-corrected chi connectivity index (χ3v) is 6.66. The Morgan fingerprint density at radius 3 is 2.86 bits per heavy atom. The summed E-state index contributed by atoms with van der Waals surface area (Å²) in [6.45, 7) is 1.49. The maximum atomic E-state index is 12.7. The van der Waals surface area contributed by atoms with Crippen LogP contribution in [0.25, 0.3) is 0 Å². The molecule has 1 saturated heterocycles. The molecule has 0 N–H and O–H groups in total. The van der Waals surface area contributed by atoms with E-state index < -0.39 is 0 Å². The van der Waals surface area contributed by atoms with E-state index in [4.69, 9.17) is 23.2 Å². The van der Waals surface area contributed by atoms with Gasteiger partial charge in [-0.25, -0.2) is 0 Å². The van der Waals surface area contributed by atoms with Crippen LogP contribution >= 0.6 is 46.3 Å². The van der Waals surface area contributed by atoms with Gasteiger partial charge < -0.3 is 4.90 Å². The molecule has 0 spiro atoms. The number of halogens is 2. The van der Waals surface area contributed by atoms with Crippen molar-refractivity contribution in [3.63, 3.8) is 0 Å². The molecule has 6 heteroatoms. The molecule has 1 atom stereocenters. The van der Waals surface area contributed by atoms with Crippen molar-refractivity contribution in [1.82, 2.24) is 4.90 Å². The van der Waals surface area contributed by atoms with Crippen molar-refractivity contribution in [3.05, 3.63) is 56.2 Å². The maximum Gasteiger partial charge on any atom is 0.255 e. The van der Waals surface area contributed by atoms with Crippen molar-refractivity contribution in [2.75, 3.05) is 18.8 Å². The first kappa shape index (κ1) is 16.2. The number of thioether (sulfide) groups is 1. The molecule has 1 aromatic carbocycles. The van der Waals surface area contributed by atoms with E-state index in [1.54, 1.807) is 29.5 Å². The predicted molar refractivity (Wildman–Crippen MR) is 96.5 cm³/mol. The molecule has 2 heterocycles. The molecule has 0 aliphatic carbocycles. The summed E-state index contributed by atoms with van der Waals surface area (Å²) in [6.07, 6.45) is 0.967. The first-order chi connectivity index (χ1) is 10.6. The standard InChI is InChI=1S/C16H15Cl2NOS2/c17-11-3-4-13(18)12(10-11)16(20)19-6-5-15(22-9-7-19)14-2-1-8-21-14/h1-4,8,10,15H,5-7,9H2. The van der Waals surface area contributed by atoms with Gasteiger partial charge in [0.25, 0.3) is 5.91 Å².